The smallest absolute Gasteiger partial charge is 0.407 e. The number of esters is 1. The van der Waals surface area contributed by atoms with E-state index in [9.17, 15) is 9.59 Å². The van der Waals surface area contributed by atoms with E-state index in [-0.39, 0.29) is 6.10 Å². The third-order valence-electron chi connectivity index (χ3n) is 4.88. The summed E-state index contributed by atoms with van der Waals surface area (Å²) >= 11 is 1.65. The lowest BCUT2D eigenvalue weighted by Gasteiger charge is -2.18. The van der Waals surface area contributed by atoms with E-state index in [0.717, 1.165) is 21.2 Å². The molecule has 4 rings (SSSR count). The number of amides is 1. The van der Waals surface area contributed by atoms with Gasteiger partial charge in [0.05, 0.1) is 19.2 Å². The Morgan fingerprint density at radius 3 is 2.79 bits per heavy atom. The Balaban J connectivity index is 1.71. The van der Waals surface area contributed by atoms with E-state index in [4.69, 9.17) is 14.6 Å². The standard InChI is InChI=1S/C21H19NO5S/c1-26-20(23)15-4-5-18(27-16-6-8-22(12-16)21(24)25)17(10-15)14-3-2-13-7-9-28-19(13)11-14/h2-5,7,9-11,16H,6,8,12H2,1H3,(H,24,25)/t16-/m0/s1. The number of hydrogen-bond acceptors (Lipinski definition) is 5. The van der Waals surface area contributed by atoms with Gasteiger partial charge in [-0.2, -0.15) is 0 Å². The zero-order valence-electron chi connectivity index (χ0n) is 15.3. The number of fused-ring (bicyclic) bond motifs is 1. The summed E-state index contributed by atoms with van der Waals surface area (Å²) in [5.41, 5.74) is 2.16. The van der Waals surface area contributed by atoms with E-state index < -0.39 is 12.1 Å². The van der Waals surface area contributed by atoms with Crippen LogP contribution in [0, 0.1) is 0 Å². The fraction of sp³-hybridized carbons (Fsp3) is 0.238. The van der Waals surface area contributed by atoms with Crippen molar-refractivity contribution >= 4 is 33.5 Å². The number of carbonyl (C=O) groups is 2. The van der Waals surface area contributed by atoms with Gasteiger partial charge in [0, 0.05) is 23.2 Å². The highest BCUT2D eigenvalue weighted by atomic mass is 32.1. The molecule has 28 heavy (non-hydrogen) atoms. The van der Waals surface area contributed by atoms with Crippen molar-refractivity contribution in [2.75, 3.05) is 20.2 Å². The molecule has 1 N–H and O–H groups in total. The minimum Gasteiger partial charge on any atom is -0.488 e. The molecule has 1 aliphatic heterocycles. The van der Waals surface area contributed by atoms with Crippen LogP contribution < -0.4 is 4.74 Å². The summed E-state index contributed by atoms with van der Waals surface area (Å²) in [6.45, 7) is 0.786. The van der Waals surface area contributed by atoms with Gasteiger partial charge in [0.2, 0.25) is 0 Å². The average molecular weight is 397 g/mol. The summed E-state index contributed by atoms with van der Waals surface area (Å²) in [6, 6.07) is 13.3. The molecule has 0 aliphatic carbocycles. The maximum absolute atomic E-state index is 12.0. The van der Waals surface area contributed by atoms with Crippen LogP contribution in [0.4, 0.5) is 4.79 Å². The molecule has 0 saturated carbocycles. The molecule has 1 fully saturated rings. The molecule has 0 unspecified atom stereocenters. The van der Waals surface area contributed by atoms with Crippen molar-refractivity contribution in [3.8, 4) is 16.9 Å². The van der Waals surface area contributed by atoms with Gasteiger partial charge in [-0.15, -0.1) is 11.3 Å². The number of hydrogen-bond donors (Lipinski definition) is 1. The molecule has 1 atom stereocenters. The van der Waals surface area contributed by atoms with Crippen LogP contribution in [0.1, 0.15) is 16.8 Å². The minimum absolute atomic E-state index is 0.218. The van der Waals surface area contributed by atoms with Gasteiger partial charge in [-0.05, 0) is 46.7 Å². The van der Waals surface area contributed by atoms with Crippen molar-refractivity contribution in [1.82, 2.24) is 4.90 Å². The largest absolute Gasteiger partial charge is 0.488 e. The van der Waals surface area contributed by atoms with Crippen LogP contribution in [0.2, 0.25) is 0 Å². The molecule has 7 heteroatoms. The molecule has 0 radical (unpaired) electrons. The first kappa shape index (κ1) is 18.3. The van der Waals surface area contributed by atoms with E-state index in [1.807, 2.05) is 17.5 Å². The van der Waals surface area contributed by atoms with Gasteiger partial charge in [0.1, 0.15) is 11.9 Å². The van der Waals surface area contributed by atoms with Crippen molar-refractivity contribution in [3.05, 3.63) is 53.4 Å². The normalized spacial score (nSPS) is 16.3. The summed E-state index contributed by atoms with van der Waals surface area (Å²) in [5.74, 6) is 0.212. The third-order valence-corrected chi connectivity index (χ3v) is 5.76. The van der Waals surface area contributed by atoms with Crippen LogP contribution in [0.25, 0.3) is 21.2 Å². The lowest BCUT2D eigenvalue weighted by atomic mass is 10.0. The zero-order chi connectivity index (χ0) is 19.7. The van der Waals surface area contributed by atoms with Crippen LogP contribution in [0.5, 0.6) is 5.75 Å². The van der Waals surface area contributed by atoms with Crippen LogP contribution in [-0.2, 0) is 4.74 Å². The molecule has 1 aromatic heterocycles. The van der Waals surface area contributed by atoms with Crippen LogP contribution in [0.3, 0.4) is 0 Å². The second kappa shape index (κ2) is 7.52. The number of nitrogens with zero attached hydrogens (tertiary/aromatic N) is 1. The number of rotatable bonds is 4. The number of thiophene rings is 1. The first-order chi connectivity index (χ1) is 13.5. The maximum atomic E-state index is 12.0. The molecule has 0 spiro atoms. The van der Waals surface area contributed by atoms with E-state index in [1.165, 1.54) is 12.0 Å². The van der Waals surface area contributed by atoms with Crippen molar-refractivity contribution in [2.24, 2.45) is 0 Å². The molecule has 1 aliphatic rings. The number of likely N-dealkylation sites (tertiary alicyclic amines) is 1. The Hall–Kier alpha value is -3.06. The molecule has 2 aromatic carbocycles. The molecule has 1 amide bonds. The number of ether oxygens (including phenoxy) is 2. The molecular weight excluding hydrogens is 378 g/mol. The summed E-state index contributed by atoms with van der Waals surface area (Å²) in [4.78, 5) is 24.5. The lowest BCUT2D eigenvalue weighted by molar-refractivity contribution is 0.0600. The van der Waals surface area contributed by atoms with Crippen LogP contribution in [0.15, 0.2) is 47.8 Å². The molecule has 0 bridgehead atoms. The highest BCUT2D eigenvalue weighted by Crippen LogP contribution is 2.35. The first-order valence-corrected chi connectivity index (χ1v) is 9.77. The summed E-state index contributed by atoms with van der Waals surface area (Å²) in [6.07, 6.45) is -0.520. The average Bonchev–Trinajstić information content (AvgIpc) is 3.36. The molecule has 1 saturated heterocycles. The number of methoxy groups -OCH3 is 1. The van der Waals surface area contributed by atoms with Crippen LogP contribution in [-0.4, -0.2) is 48.4 Å². The van der Waals surface area contributed by atoms with Gasteiger partial charge >= 0.3 is 12.1 Å². The number of carboxylic acid groups (broad SMARTS) is 1. The summed E-state index contributed by atoms with van der Waals surface area (Å²) in [7, 11) is 1.35. The van der Waals surface area contributed by atoms with Crippen LogP contribution >= 0.6 is 11.3 Å². The fourth-order valence-corrected chi connectivity index (χ4v) is 4.23. The second-order valence-corrected chi connectivity index (χ2v) is 7.58. The number of benzene rings is 2. The Labute approximate surface area is 165 Å². The first-order valence-electron chi connectivity index (χ1n) is 8.89. The quantitative estimate of drug-likeness (QED) is 0.657. The fourth-order valence-electron chi connectivity index (χ4n) is 3.40. The zero-order valence-corrected chi connectivity index (χ0v) is 16.1. The monoisotopic (exact) mass is 397 g/mol. The van der Waals surface area contributed by atoms with Crippen molar-refractivity contribution in [2.45, 2.75) is 12.5 Å². The van der Waals surface area contributed by atoms with Gasteiger partial charge in [0.15, 0.2) is 0 Å². The Kier molecular flexibility index (Phi) is 4.92. The molecule has 144 valence electrons. The Bertz CT molecular complexity index is 1040. The van der Waals surface area contributed by atoms with Gasteiger partial charge in [-0.25, -0.2) is 9.59 Å². The molecular formula is C21H19NO5S. The van der Waals surface area contributed by atoms with E-state index in [0.29, 0.717) is 30.8 Å². The van der Waals surface area contributed by atoms with E-state index in [2.05, 4.69) is 12.1 Å². The topological polar surface area (TPSA) is 76.1 Å². The van der Waals surface area contributed by atoms with E-state index >= 15 is 0 Å². The minimum atomic E-state index is -0.935. The second-order valence-electron chi connectivity index (χ2n) is 6.63. The van der Waals surface area contributed by atoms with Gasteiger partial charge in [-0.1, -0.05) is 12.1 Å². The highest BCUT2D eigenvalue weighted by molar-refractivity contribution is 7.17. The molecule has 6 nitrogen and oxygen atoms in total. The van der Waals surface area contributed by atoms with Crippen molar-refractivity contribution < 1.29 is 24.2 Å². The number of carbonyl (C=O) groups excluding carboxylic acids is 1. The van der Waals surface area contributed by atoms with Gasteiger partial charge in [-0.3, -0.25) is 0 Å². The van der Waals surface area contributed by atoms with E-state index in [1.54, 1.807) is 29.5 Å². The van der Waals surface area contributed by atoms with Crippen molar-refractivity contribution in [3.63, 3.8) is 0 Å². The predicted octanol–water partition coefficient (Wildman–Crippen LogP) is 4.49. The lowest BCUT2D eigenvalue weighted by Crippen LogP contribution is -2.29. The maximum Gasteiger partial charge on any atom is 0.407 e. The SMILES string of the molecule is COC(=O)c1ccc(O[C@H]2CCN(C(=O)O)C2)c(-c2ccc3ccsc3c2)c1. The molecule has 2 heterocycles. The van der Waals surface area contributed by atoms with Crippen molar-refractivity contribution in [1.29, 1.82) is 0 Å². The third kappa shape index (κ3) is 3.53. The Morgan fingerprint density at radius 1 is 1.18 bits per heavy atom. The summed E-state index contributed by atoms with van der Waals surface area (Å²) in [5, 5.41) is 12.4. The van der Waals surface area contributed by atoms with Gasteiger partial charge < -0.3 is 19.5 Å². The highest BCUT2D eigenvalue weighted by Gasteiger charge is 2.28. The predicted molar refractivity (Wildman–Crippen MR) is 107 cm³/mol. The van der Waals surface area contributed by atoms with Gasteiger partial charge in [0.25, 0.3) is 0 Å². The Morgan fingerprint density at radius 2 is 2.04 bits per heavy atom. The molecule has 3 aromatic rings. The summed E-state index contributed by atoms with van der Waals surface area (Å²) < 4.78 is 12.1.